The molecule has 57 heavy (non-hydrogen) atoms. The SMILES string of the molecule is c1ccc(-c2ccc3c(c2)c2cc(-c4ccccc4)ccc2n3-c2ccc3c(c2)C(c2ccccc2)(c2ccccc2)c2cc4c(cc2-3)oc2ccccc24)cc1. The number of rotatable bonds is 5. The van der Waals surface area contributed by atoms with Crippen LogP contribution in [0.3, 0.4) is 0 Å². The topological polar surface area (TPSA) is 18.1 Å². The highest BCUT2D eigenvalue weighted by atomic mass is 16.3. The van der Waals surface area contributed by atoms with E-state index >= 15 is 0 Å². The Kier molecular flexibility index (Phi) is 6.88. The first-order valence-electron chi connectivity index (χ1n) is 19.7. The average Bonchev–Trinajstić information content (AvgIpc) is 3.91. The fraction of sp³-hybridized carbons (Fsp3) is 0.0182. The van der Waals surface area contributed by atoms with Gasteiger partial charge in [-0.1, -0.05) is 158 Å². The molecule has 11 aromatic rings. The summed E-state index contributed by atoms with van der Waals surface area (Å²) in [5, 5.41) is 4.74. The van der Waals surface area contributed by atoms with Crippen molar-refractivity contribution in [2.45, 2.75) is 5.41 Å². The normalized spacial score (nSPS) is 13.1. The van der Waals surface area contributed by atoms with Gasteiger partial charge in [0.05, 0.1) is 16.4 Å². The molecular formula is C55H35NO. The van der Waals surface area contributed by atoms with Crippen LogP contribution < -0.4 is 0 Å². The summed E-state index contributed by atoms with van der Waals surface area (Å²) in [6.45, 7) is 0. The van der Waals surface area contributed by atoms with Crippen molar-refractivity contribution in [3.05, 3.63) is 235 Å². The monoisotopic (exact) mass is 725 g/mol. The molecule has 1 aliphatic carbocycles. The third-order valence-electron chi connectivity index (χ3n) is 12.3. The summed E-state index contributed by atoms with van der Waals surface area (Å²) in [7, 11) is 0. The highest BCUT2D eigenvalue weighted by Gasteiger charge is 2.47. The maximum Gasteiger partial charge on any atom is 0.136 e. The minimum atomic E-state index is -0.574. The van der Waals surface area contributed by atoms with Crippen LogP contribution in [0, 0.1) is 0 Å². The Morgan fingerprint density at radius 3 is 1.46 bits per heavy atom. The number of aromatic nitrogens is 1. The van der Waals surface area contributed by atoms with Crippen LogP contribution >= 0.6 is 0 Å². The van der Waals surface area contributed by atoms with Gasteiger partial charge in [-0.3, -0.25) is 0 Å². The number of fused-ring (bicyclic) bond motifs is 9. The van der Waals surface area contributed by atoms with E-state index in [2.05, 4.69) is 211 Å². The second-order valence-corrected chi connectivity index (χ2v) is 15.2. The van der Waals surface area contributed by atoms with Crippen molar-refractivity contribution in [2.24, 2.45) is 0 Å². The lowest BCUT2D eigenvalue weighted by molar-refractivity contribution is 0.668. The first kappa shape index (κ1) is 31.9. The van der Waals surface area contributed by atoms with Gasteiger partial charge in [-0.15, -0.1) is 0 Å². The molecule has 0 unspecified atom stereocenters. The van der Waals surface area contributed by atoms with Crippen LogP contribution in [-0.2, 0) is 5.41 Å². The van der Waals surface area contributed by atoms with Gasteiger partial charge in [-0.2, -0.15) is 0 Å². The molecule has 0 N–H and O–H groups in total. The first-order chi connectivity index (χ1) is 28.3. The smallest absolute Gasteiger partial charge is 0.136 e. The van der Waals surface area contributed by atoms with E-state index in [4.69, 9.17) is 4.42 Å². The van der Waals surface area contributed by atoms with Crippen LogP contribution in [0.5, 0.6) is 0 Å². The molecule has 2 nitrogen and oxygen atoms in total. The number of hydrogen-bond donors (Lipinski definition) is 0. The van der Waals surface area contributed by atoms with Crippen LogP contribution in [-0.4, -0.2) is 4.57 Å². The molecule has 9 aromatic carbocycles. The van der Waals surface area contributed by atoms with Gasteiger partial charge in [0, 0.05) is 27.2 Å². The number of benzene rings is 9. The summed E-state index contributed by atoms with van der Waals surface area (Å²) < 4.78 is 9.00. The maximum atomic E-state index is 6.53. The number of nitrogens with zero attached hydrogens (tertiary/aromatic N) is 1. The van der Waals surface area contributed by atoms with Crippen molar-refractivity contribution in [1.29, 1.82) is 0 Å². The van der Waals surface area contributed by atoms with Gasteiger partial charge in [0.1, 0.15) is 11.2 Å². The molecule has 0 radical (unpaired) electrons. The molecule has 0 amide bonds. The maximum absolute atomic E-state index is 6.53. The van der Waals surface area contributed by atoms with E-state index in [0.717, 1.165) is 27.6 Å². The molecule has 2 heteroatoms. The zero-order chi connectivity index (χ0) is 37.5. The lowest BCUT2D eigenvalue weighted by Gasteiger charge is -2.34. The van der Waals surface area contributed by atoms with Crippen molar-refractivity contribution in [2.75, 3.05) is 0 Å². The number of furan rings is 1. The van der Waals surface area contributed by atoms with E-state index in [0.29, 0.717) is 0 Å². The Hall–Kier alpha value is -7.42. The van der Waals surface area contributed by atoms with Gasteiger partial charge in [-0.25, -0.2) is 0 Å². The summed E-state index contributed by atoms with van der Waals surface area (Å²) >= 11 is 0. The highest BCUT2D eigenvalue weighted by molar-refractivity contribution is 6.12. The molecule has 0 bridgehead atoms. The van der Waals surface area contributed by atoms with Gasteiger partial charge in [-0.05, 0) is 110 Å². The second-order valence-electron chi connectivity index (χ2n) is 15.2. The molecule has 266 valence electrons. The summed E-state index contributed by atoms with van der Waals surface area (Å²) in [4.78, 5) is 0. The lowest BCUT2D eigenvalue weighted by Crippen LogP contribution is -2.28. The van der Waals surface area contributed by atoms with Crippen molar-refractivity contribution < 1.29 is 4.42 Å². The molecular weight excluding hydrogens is 691 g/mol. The molecule has 1 aliphatic rings. The fourth-order valence-corrected chi connectivity index (χ4v) is 9.75. The van der Waals surface area contributed by atoms with Crippen LogP contribution in [0.2, 0.25) is 0 Å². The van der Waals surface area contributed by atoms with Crippen LogP contribution in [0.1, 0.15) is 22.3 Å². The summed E-state index contributed by atoms with van der Waals surface area (Å²) in [5.41, 5.74) is 17.0. The molecule has 0 atom stereocenters. The highest BCUT2D eigenvalue weighted by Crippen LogP contribution is 2.58. The van der Waals surface area contributed by atoms with Crippen LogP contribution in [0.4, 0.5) is 0 Å². The largest absolute Gasteiger partial charge is 0.456 e. The van der Waals surface area contributed by atoms with Gasteiger partial charge in [0.2, 0.25) is 0 Å². The van der Waals surface area contributed by atoms with E-state index in [1.165, 1.54) is 77.4 Å². The standard InChI is InChI=1S/C55H35NO/c1-5-15-36(16-6-1)38-25-29-51-46(31-38)47-32-39(37-17-7-2-8-18-37)26-30-52(47)56(51)42-27-28-43-45-35-54-48(44-23-13-14-24-53(44)57-54)34-50(45)55(49(43)33-42,40-19-9-3-10-20-40)41-21-11-4-12-22-41/h1-35H. The van der Waals surface area contributed by atoms with Crippen molar-refractivity contribution in [3.8, 4) is 39.1 Å². The molecule has 12 rings (SSSR count). The molecule has 0 saturated carbocycles. The Labute approximate surface area is 330 Å². The second kappa shape index (κ2) is 12.3. The third-order valence-corrected chi connectivity index (χ3v) is 12.3. The number of hydrogen-bond acceptors (Lipinski definition) is 1. The fourth-order valence-electron chi connectivity index (χ4n) is 9.75. The minimum Gasteiger partial charge on any atom is -0.456 e. The molecule has 0 aliphatic heterocycles. The molecule has 2 aromatic heterocycles. The van der Waals surface area contributed by atoms with E-state index in [1.807, 2.05) is 6.07 Å². The van der Waals surface area contributed by atoms with Crippen LogP contribution in [0.15, 0.2) is 217 Å². The van der Waals surface area contributed by atoms with Crippen molar-refractivity contribution in [3.63, 3.8) is 0 Å². The molecule has 0 fully saturated rings. The van der Waals surface area contributed by atoms with E-state index < -0.39 is 5.41 Å². The molecule has 2 heterocycles. The van der Waals surface area contributed by atoms with Gasteiger partial charge in [0.25, 0.3) is 0 Å². The first-order valence-corrected chi connectivity index (χ1v) is 19.7. The van der Waals surface area contributed by atoms with Crippen LogP contribution in [0.25, 0.3) is 82.8 Å². The zero-order valence-corrected chi connectivity index (χ0v) is 31.1. The molecule has 0 spiro atoms. The Morgan fingerprint density at radius 1 is 0.333 bits per heavy atom. The lowest BCUT2D eigenvalue weighted by atomic mass is 9.67. The minimum absolute atomic E-state index is 0.574. The predicted octanol–water partition coefficient (Wildman–Crippen LogP) is 14.4. The third kappa shape index (κ3) is 4.65. The zero-order valence-electron chi connectivity index (χ0n) is 31.1. The van der Waals surface area contributed by atoms with Crippen molar-refractivity contribution >= 4 is 43.7 Å². The van der Waals surface area contributed by atoms with Gasteiger partial charge in [0.15, 0.2) is 0 Å². The predicted molar refractivity (Wildman–Crippen MR) is 236 cm³/mol. The Balaban J connectivity index is 1.16. The average molecular weight is 726 g/mol. The van der Waals surface area contributed by atoms with Gasteiger partial charge >= 0.3 is 0 Å². The quantitative estimate of drug-likeness (QED) is 0.173. The summed E-state index contributed by atoms with van der Waals surface area (Å²) in [5.74, 6) is 0. The van der Waals surface area contributed by atoms with Gasteiger partial charge < -0.3 is 8.98 Å². The summed E-state index contributed by atoms with van der Waals surface area (Å²) in [6.07, 6.45) is 0. The van der Waals surface area contributed by atoms with Crippen molar-refractivity contribution in [1.82, 2.24) is 4.57 Å². The van der Waals surface area contributed by atoms with E-state index in [9.17, 15) is 0 Å². The van der Waals surface area contributed by atoms with E-state index in [1.54, 1.807) is 0 Å². The van der Waals surface area contributed by atoms with E-state index in [-0.39, 0.29) is 0 Å². The Bertz CT molecular complexity index is 3180. The Morgan fingerprint density at radius 2 is 0.860 bits per heavy atom. The number of para-hydroxylation sites is 1. The molecule has 0 saturated heterocycles. The summed E-state index contributed by atoms with van der Waals surface area (Å²) in [6, 6.07) is 77.6.